The van der Waals surface area contributed by atoms with Crippen molar-refractivity contribution in [2.24, 2.45) is 5.73 Å². The Hall–Kier alpha value is -0.420. The third-order valence-corrected chi connectivity index (χ3v) is 1.93. The van der Waals surface area contributed by atoms with Crippen LogP contribution >= 0.6 is 0 Å². The molecular weight excluding hydrogens is 146 g/mol. The van der Waals surface area contributed by atoms with Gasteiger partial charge in [-0.3, -0.25) is 0 Å². The van der Waals surface area contributed by atoms with E-state index in [2.05, 4.69) is 0 Å². The van der Waals surface area contributed by atoms with E-state index < -0.39 is 18.3 Å². The molecule has 1 aliphatic rings. The molecule has 1 rings (SSSR count). The molecule has 0 aliphatic heterocycles. The molecule has 0 amide bonds. The Balaban J connectivity index is 2.68. The van der Waals surface area contributed by atoms with Gasteiger partial charge in [-0.25, -0.2) is 0 Å². The average Bonchev–Trinajstić information content (AvgIpc) is 2.30. The van der Waals surface area contributed by atoms with Gasteiger partial charge >= 0.3 is 0 Å². The van der Waals surface area contributed by atoms with Gasteiger partial charge in [0.15, 0.2) is 0 Å². The zero-order valence-corrected chi connectivity index (χ0v) is 6.40. The minimum atomic E-state index is -0.862. The molecule has 0 heterocycles. The topological polar surface area (TPSA) is 75.7 Å². The van der Waals surface area contributed by atoms with Crippen LogP contribution in [0.4, 0.5) is 0 Å². The Bertz CT molecular complexity index is 169. The largest absolute Gasteiger partial charge is 0.387 e. The summed E-state index contributed by atoms with van der Waals surface area (Å²) < 4.78 is 4.88. The van der Waals surface area contributed by atoms with Crippen molar-refractivity contribution < 1.29 is 14.9 Å². The van der Waals surface area contributed by atoms with Crippen molar-refractivity contribution in [1.29, 1.82) is 0 Å². The van der Waals surface area contributed by atoms with E-state index in [1.165, 1.54) is 7.11 Å². The Kier molecular flexibility index (Phi) is 2.62. The van der Waals surface area contributed by atoms with Crippen molar-refractivity contribution in [2.45, 2.75) is 18.3 Å². The van der Waals surface area contributed by atoms with Gasteiger partial charge in [0, 0.05) is 13.7 Å². The number of nitrogens with two attached hydrogens (primary N) is 1. The molecule has 11 heavy (non-hydrogen) atoms. The predicted molar refractivity (Wildman–Crippen MR) is 39.9 cm³/mol. The van der Waals surface area contributed by atoms with Crippen molar-refractivity contribution in [3.8, 4) is 0 Å². The Labute approximate surface area is 65.3 Å². The third kappa shape index (κ3) is 1.44. The zero-order valence-electron chi connectivity index (χ0n) is 6.40. The fraction of sp³-hybridized carbons (Fsp3) is 0.714. The zero-order chi connectivity index (χ0) is 8.43. The maximum atomic E-state index is 9.28. The van der Waals surface area contributed by atoms with Crippen LogP contribution in [0.1, 0.15) is 0 Å². The van der Waals surface area contributed by atoms with Crippen molar-refractivity contribution in [2.75, 3.05) is 13.7 Å². The molecule has 4 N–H and O–H groups in total. The minimum Gasteiger partial charge on any atom is -0.387 e. The van der Waals surface area contributed by atoms with Crippen LogP contribution in [0.2, 0.25) is 0 Å². The van der Waals surface area contributed by atoms with E-state index in [4.69, 9.17) is 10.5 Å². The molecule has 64 valence electrons. The Morgan fingerprint density at radius 2 is 2.27 bits per heavy atom. The molecule has 0 fully saturated rings. The molecule has 1 aliphatic carbocycles. The molecule has 0 saturated carbocycles. The molecule has 0 bridgehead atoms. The smallest absolute Gasteiger partial charge is 0.113 e. The van der Waals surface area contributed by atoms with Crippen LogP contribution in [0.3, 0.4) is 0 Å². The lowest BCUT2D eigenvalue weighted by atomic mass is 10.1. The van der Waals surface area contributed by atoms with Crippen LogP contribution in [0.15, 0.2) is 11.6 Å². The summed E-state index contributed by atoms with van der Waals surface area (Å²) in [6, 6.07) is 0. The van der Waals surface area contributed by atoms with E-state index in [-0.39, 0.29) is 6.54 Å². The summed E-state index contributed by atoms with van der Waals surface area (Å²) in [5, 5.41) is 18.6. The van der Waals surface area contributed by atoms with Crippen LogP contribution in [0, 0.1) is 0 Å². The fourth-order valence-corrected chi connectivity index (χ4v) is 1.20. The van der Waals surface area contributed by atoms with Gasteiger partial charge in [-0.15, -0.1) is 0 Å². The first-order chi connectivity index (χ1) is 5.20. The van der Waals surface area contributed by atoms with Crippen LogP contribution in [0.25, 0.3) is 0 Å². The Morgan fingerprint density at radius 3 is 2.55 bits per heavy atom. The van der Waals surface area contributed by atoms with Gasteiger partial charge in [-0.2, -0.15) is 0 Å². The normalized spacial score (nSPS) is 37.5. The lowest BCUT2D eigenvalue weighted by Gasteiger charge is -2.15. The molecule has 0 unspecified atom stereocenters. The lowest BCUT2D eigenvalue weighted by Crippen LogP contribution is -2.33. The first-order valence-electron chi connectivity index (χ1n) is 3.50. The van der Waals surface area contributed by atoms with E-state index in [1.807, 2.05) is 0 Å². The average molecular weight is 159 g/mol. The van der Waals surface area contributed by atoms with E-state index in [1.54, 1.807) is 6.08 Å². The second kappa shape index (κ2) is 3.32. The van der Waals surface area contributed by atoms with E-state index in [9.17, 15) is 10.2 Å². The van der Waals surface area contributed by atoms with Crippen molar-refractivity contribution in [3.05, 3.63) is 11.6 Å². The van der Waals surface area contributed by atoms with Crippen LogP contribution in [-0.2, 0) is 4.74 Å². The molecule has 3 atom stereocenters. The molecule has 0 aromatic carbocycles. The fourth-order valence-electron chi connectivity index (χ4n) is 1.20. The third-order valence-electron chi connectivity index (χ3n) is 1.93. The number of aliphatic hydroxyl groups is 2. The van der Waals surface area contributed by atoms with E-state index in [0.717, 1.165) is 0 Å². The maximum absolute atomic E-state index is 9.28. The van der Waals surface area contributed by atoms with Gasteiger partial charge < -0.3 is 20.7 Å². The highest BCUT2D eigenvalue weighted by Crippen LogP contribution is 2.20. The lowest BCUT2D eigenvalue weighted by molar-refractivity contribution is -0.0284. The quantitative estimate of drug-likeness (QED) is 0.434. The molecule has 4 nitrogen and oxygen atoms in total. The standard InChI is InChI=1S/C7H13NO3/c1-11-5-2-4(3-8)6(9)7(5)10/h2,5-7,9-10H,3,8H2,1H3/t5-,6-,7+/m0/s1. The second-order valence-corrected chi connectivity index (χ2v) is 2.58. The monoisotopic (exact) mass is 159 g/mol. The number of ether oxygens (including phenoxy) is 1. The maximum Gasteiger partial charge on any atom is 0.113 e. The highest BCUT2D eigenvalue weighted by molar-refractivity contribution is 5.23. The summed E-state index contributed by atoms with van der Waals surface area (Å²) in [5.74, 6) is 0. The van der Waals surface area contributed by atoms with Crippen molar-refractivity contribution in [1.82, 2.24) is 0 Å². The Morgan fingerprint density at radius 1 is 1.64 bits per heavy atom. The van der Waals surface area contributed by atoms with Crippen LogP contribution < -0.4 is 5.73 Å². The molecule has 0 spiro atoms. The highest BCUT2D eigenvalue weighted by Gasteiger charge is 2.33. The SMILES string of the molecule is CO[C@H]1C=C(CN)[C@H](O)[C@@H]1O. The molecular formula is C7H13NO3. The molecule has 0 saturated heterocycles. The summed E-state index contributed by atoms with van der Waals surface area (Å²) in [7, 11) is 1.48. The van der Waals surface area contributed by atoms with Crippen molar-refractivity contribution in [3.63, 3.8) is 0 Å². The summed E-state index contributed by atoms with van der Waals surface area (Å²) in [6.45, 7) is 0.262. The molecule has 0 aromatic heterocycles. The number of rotatable bonds is 2. The van der Waals surface area contributed by atoms with Gasteiger partial charge in [0.05, 0.1) is 0 Å². The van der Waals surface area contributed by atoms with Crippen LogP contribution in [-0.4, -0.2) is 42.2 Å². The van der Waals surface area contributed by atoms with Gasteiger partial charge in [0.25, 0.3) is 0 Å². The molecule has 0 aromatic rings. The van der Waals surface area contributed by atoms with Crippen LogP contribution in [0.5, 0.6) is 0 Å². The summed E-state index contributed by atoms with van der Waals surface area (Å²) in [5.41, 5.74) is 5.95. The first kappa shape index (κ1) is 8.67. The first-order valence-corrected chi connectivity index (χ1v) is 3.50. The summed E-state index contributed by atoms with van der Waals surface area (Å²) >= 11 is 0. The van der Waals surface area contributed by atoms with Gasteiger partial charge in [-0.05, 0) is 5.57 Å². The highest BCUT2D eigenvalue weighted by atomic mass is 16.5. The minimum absolute atomic E-state index is 0.262. The predicted octanol–water partition coefficient (Wildman–Crippen LogP) is -1.38. The van der Waals surface area contributed by atoms with Gasteiger partial charge in [0.2, 0.25) is 0 Å². The summed E-state index contributed by atoms with van der Waals surface area (Å²) in [4.78, 5) is 0. The van der Waals surface area contributed by atoms with Crippen molar-refractivity contribution >= 4 is 0 Å². The van der Waals surface area contributed by atoms with E-state index >= 15 is 0 Å². The van der Waals surface area contributed by atoms with E-state index in [0.29, 0.717) is 5.57 Å². The molecule has 0 radical (unpaired) electrons. The summed E-state index contributed by atoms with van der Waals surface area (Å²) in [6.07, 6.45) is -0.470. The number of methoxy groups -OCH3 is 1. The number of aliphatic hydroxyl groups excluding tert-OH is 2. The second-order valence-electron chi connectivity index (χ2n) is 2.58. The number of hydrogen-bond acceptors (Lipinski definition) is 4. The number of hydrogen-bond donors (Lipinski definition) is 3. The van der Waals surface area contributed by atoms with Gasteiger partial charge in [-0.1, -0.05) is 6.08 Å². The molecule has 4 heteroatoms. The van der Waals surface area contributed by atoms with Gasteiger partial charge in [0.1, 0.15) is 18.3 Å².